The van der Waals surface area contributed by atoms with Crippen molar-refractivity contribution in [2.45, 2.75) is 114 Å². The maximum absolute atomic E-state index is 14.1. The standard InChI is InChI=1S/C38H52O6/c1-23-21-43-32(24(23)2)33(40)36(5,41)31-13-16-38(42)28-19-30(39)29-20-37(15-11-26(22-44-37)25-9-7-6-8-10-25)18-17-34(29,3)27(28)12-14-35(31,38)4/h6-11,15,19,23-24,26-27,29,31-33,40-42H,12-14,16-18,20-22H2,1-5H3/t23-,24+,26+,27-,29-,31-,32-,33+,34+,35+,36-,37-,38+/m0/s1. The molecule has 1 spiro atoms. The Morgan fingerprint density at radius 2 is 1.75 bits per heavy atom. The van der Waals surface area contributed by atoms with E-state index >= 15 is 0 Å². The van der Waals surface area contributed by atoms with Crippen LogP contribution in [-0.2, 0) is 14.3 Å². The van der Waals surface area contributed by atoms with Gasteiger partial charge in [0.25, 0.3) is 0 Å². The van der Waals surface area contributed by atoms with Crippen molar-refractivity contribution in [1.29, 1.82) is 0 Å². The molecule has 4 fully saturated rings. The van der Waals surface area contributed by atoms with E-state index in [-0.39, 0.29) is 40.8 Å². The Kier molecular flexibility index (Phi) is 7.24. The molecule has 1 saturated heterocycles. The van der Waals surface area contributed by atoms with Crippen LogP contribution in [0, 0.1) is 40.4 Å². The summed E-state index contributed by atoms with van der Waals surface area (Å²) in [4.78, 5) is 14.1. The Balaban J connectivity index is 1.15. The van der Waals surface area contributed by atoms with Crippen LogP contribution in [0.1, 0.15) is 91.0 Å². The van der Waals surface area contributed by atoms with Gasteiger partial charge in [0.2, 0.25) is 0 Å². The first-order chi connectivity index (χ1) is 20.8. The lowest BCUT2D eigenvalue weighted by molar-refractivity contribution is -0.194. The van der Waals surface area contributed by atoms with Gasteiger partial charge < -0.3 is 24.8 Å². The minimum Gasteiger partial charge on any atom is -0.387 e. The SMILES string of the molecule is C[C@H]1[C@@H]([C@@H](O)[C@@](C)(O)[C@H]2CC[C@@]3(O)C4=CC(=O)[C@@H]5C[C@]6(C=C[C@@H](c7ccccc7)CO6)CC[C@]5(C)[C@H]4CC[C@]23C)OC[C@@H]1C. The number of hydrogen-bond acceptors (Lipinski definition) is 6. The highest BCUT2D eigenvalue weighted by Gasteiger charge is 2.69. The van der Waals surface area contributed by atoms with Crippen LogP contribution in [-0.4, -0.2) is 63.3 Å². The predicted molar refractivity (Wildman–Crippen MR) is 169 cm³/mol. The van der Waals surface area contributed by atoms with Crippen molar-refractivity contribution in [3.63, 3.8) is 0 Å². The topological polar surface area (TPSA) is 96.2 Å². The molecule has 240 valence electrons. The van der Waals surface area contributed by atoms with E-state index in [1.807, 2.05) is 6.07 Å². The molecule has 3 N–H and O–H groups in total. The molecular formula is C38H52O6. The molecule has 1 aromatic carbocycles. The molecule has 0 bridgehead atoms. The van der Waals surface area contributed by atoms with Gasteiger partial charge in [-0.3, -0.25) is 4.79 Å². The molecule has 3 saturated carbocycles. The lowest BCUT2D eigenvalue weighted by Crippen LogP contribution is -2.63. The fourth-order valence-electron chi connectivity index (χ4n) is 10.9. The monoisotopic (exact) mass is 604 g/mol. The molecule has 2 aliphatic heterocycles. The van der Waals surface area contributed by atoms with Crippen molar-refractivity contribution >= 4 is 5.78 Å². The van der Waals surface area contributed by atoms with E-state index in [0.717, 1.165) is 31.3 Å². The van der Waals surface area contributed by atoms with Crippen molar-refractivity contribution in [3.05, 3.63) is 59.7 Å². The Morgan fingerprint density at radius 1 is 1.00 bits per heavy atom. The van der Waals surface area contributed by atoms with E-state index in [0.29, 0.717) is 38.4 Å². The summed E-state index contributed by atoms with van der Waals surface area (Å²) in [7, 11) is 0. The van der Waals surface area contributed by atoms with E-state index in [1.165, 1.54) is 5.56 Å². The first kappa shape index (κ1) is 30.8. The smallest absolute Gasteiger partial charge is 0.159 e. The molecule has 0 unspecified atom stereocenters. The summed E-state index contributed by atoms with van der Waals surface area (Å²) in [6.45, 7) is 11.5. The summed E-state index contributed by atoms with van der Waals surface area (Å²) >= 11 is 0. The van der Waals surface area contributed by atoms with Crippen molar-refractivity contribution in [2.24, 2.45) is 40.4 Å². The predicted octanol–water partition coefficient (Wildman–Crippen LogP) is 5.75. The molecule has 4 aliphatic carbocycles. The molecule has 6 heteroatoms. The number of rotatable bonds is 4. The number of aliphatic hydroxyl groups is 3. The first-order valence-corrected chi connectivity index (χ1v) is 17.1. The number of ketones is 1. The van der Waals surface area contributed by atoms with Crippen LogP contribution in [0.3, 0.4) is 0 Å². The number of ether oxygens (including phenoxy) is 2. The average molecular weight is 605 g/mol. The molecule has 6 aliphatic rings. The average Bonchev–Trinajstić information content (AvgIpc) is 3.49. The number of benzene rings is 1. The van der Waals surface area contributed by atoms with Gasteiger partial charge in [-0.05, 0) is 98.2 Å². The van der Waals surface area contributed by atoms with Crippen LogP contribution in [0.25, 0.3) is 0 Å². The van der Waals surface area contributed by atoms with Crippen LogP contribution in [0.15, 0.2) is 54.1 Å². The number of fused-ring (bicyclic) bond motifs is 5. The van der Waals surface area contributed by atoms with Gasteiger partial charge in [0.15, 0.2) is 5.78 Å². The summed E-state index contributed by atoms with van der Waals surface area (Å²) in [5, 5.41) is 36.2. The van der Waals surface area contributed by atoms with Crippen LogP contribution in [0.5, 0.6) is 0 Å². The second kappa shape index (κ2) is 10.3. The highest BCUT2D eigenvalue weighted by Crippen LogP contribution is 2.69. The number of aliphatic hydroxyl groups excluding tert-OH is 1. The van der Waals surface area contributed by atoms with Crippen molar-refractivity contribution < 1.29 is 29.6 Å². The lowest BCUT2D eigenvalue weighted by atomic mass is 9.45. The number of carbonyl (C=O) groups excluding carboxylic acids is 1. The third-order valence-corrected chi connectivity index (χ3v) is 14.2. The van der Waals surface area contributed by atoms with Crippen molar-refractivity contribution in [2.75, 3.05) is 13.2 Å². The summed E-state index contributed by atoms with van der Waals surface area (Å²) in [5.74, 6) is 0.425. The molecule has 0 amide bonds. The van der Waals surface area contributed by atoms with Gasteiger partial charge in [-0.25, -0.2) is 0 Å². The third-order valence-electron chi connectivity index (χ3n) is 14.2. The fourth-order valence-corrected chi connectivity index (χ4v) is 10.9. The molecule has 0 radical (unpaired) electrons. The van der Waals surface area contributed by atoms with Gasteiger partial charge in [0, 0.05) is 23.9 Å². The second-order valence-corrected chi connectivity index (χ2v) is 16.3. The second-order valence-electron chi connectivity index (χ2n) is 16.3. The van der Waals surface area contributed by atoms with E-state index in [2.05, 4.69) is 64.1 Å². The summed E-state index contributed by atoms with van der Waals surface area (Å²) < 4.78 is 12.6. The summed E-state index contributed by atoms with van der Waals surface area (Å²) in [5.41, 5.74) is -1.82. The van der Waals surface area contributed by atoms with Crippen LogP contribution in [0.2, 0.25) is 0 Å². The molecule has 2 heterocycles. The molecule has 0 aromatic heterocycles. The Morgan fingerprint density at radius 3 is 2.41 bits per heavy atom. The molecule has 7 rings (SSSR count). The zero-order valence-electron chi connectivity index (χ0n) is 27.2. The van der Waals surface area contributed by atoms with Gasteiger partial charge in [0.05, 0.1) is 29.5 Å². The van der Waals surface area contributed by atoms with Gasteiger partial charge in [0.1, 0.15) is 6.10 Å². The van der Waals surface area contributed by atoms with Crippen molar-refractivity contribution in [3.8, 4) is 0 Å². The van der Waals surface area contributed by atoms with Gasteiger partial charge in [-0.1, -0.05) is 70.2 Å². The van der Waals surface area contributed by atoms with E-state index in [9.17, 15) is 20.1 Å². The Hall–Kier alpha value is -1.83. The zero-order valence-corrected chi connectivity index (χ0v) is 27.2. The summed E-state index contributed by atoms with van der Waals surface area (Å²) in [6, 6.07) is 10.4. The van der Waals surface area contributed by atoms with Gasteiger partial charge in [-0.15, -0.1) is 0 Å². The first-order valence-electron chi connectivity index (χ1n) is 17.1. The minimum absolute atomic E-state index is 0.107. The van der Waals surface area contributed by atoms with Crippen LogP contribution >= 0.6 is 0 Å². The quantitative estimate of drug-likeness (QED) is 0.379. The van der Waals surface area contributed by atoms with Gasteiger partial charge in [-0.2, -0.15) is 0 Å². The normalized spacial score (nSPS) is 48.7. The molecule has 1 aromatic rings. The van der Waals surface area contributed by atoms with E-state index in [1.54, 1.807) is 13.0 Å². The zero-order chi connectivity index (χ0) is 31.3. The maximum atomic E-state index is 14.1. The van der Waals surface area contributed by atoms with Crippen LogP contribution < -0.4 is 0 Å². The number of allylic oxidation sites excluding steroid dienone is 1. The summed E-state index contributed by atoms with van der Waals surface area (Å²) in [6.07, 6.45) is 9.93. The minimum atomic E-state index is -1.43. The molecule has 6 nitrogen and oxygen atoms in total. The van der Waals surface area contributed by atoms with Gasteiger partial charge >= 0.3 is 0 Å². The van der Waals surface area contributed by atoms with Crippen LogP contribution in [0.4, 0.5) is 0 Å². The third kappa shape index (κ3) is 4.27. The largest absolute Gasteiger partial charge is 0.387 e. The van der Waals surface area contributed by atoms with Crippen molar-refractivity contribution in [1.82, 2.24) is 0 Å². The molecule has 44 heavy (non-hydrogen) atoms. The highest BCUT2D eigenvalue weighted by atomic mass is 16.5. The fraction of sp³-hybridized carbons (Fsp3) is 0.711. The maximum Gasteiger partial charge on any atom is 0.159 e. The highest BCUT2D eigenvalue weighted by molar-refractivity contribution is 5.95. The Bertz CT molecular complexity index is 1350. The molecule has 13 atom stereocenters. The molecular weight excluding hydrogens is 552 g/mol. The van der Waals surface area contributed by atoms with E-state index < -0.39 is 34.4 Å². The lowest BCUT2D eigenvalue weighted by Gasteiger charge is -2.61. The van der Waals surface area contributed by atoms with E-state index in [4.69, 9.17) is 9.47 Å². The number of carbonyl (C=O) groups is 1. The number of hydrogen-bond donors (Lipinski definition) is 3. The Labute approximate surface area is 262 Å².